The van der Waals surface area contributed by atoms with Crippen LogP contribution in [0.2, 0.25) is 0 Å². The van der Waals surface area contributed by atoms with Crippen LogP contribution >= 0.6 is 0 Å². The van der Waals surface area contributed by atoms with E-state index in [1.54, 1.807) is 37.3 Å². The maximum absolute atomic E-state index is 12.5. The van der Waals surface area contributed by atoms with E-state index in [-0.39, 0.29) is 18.9 Å². The summed E-state index contributed by atoms with van der Waals surface area (Å²) in [4.78, 5) is 25.9. The second-order valence-corrected chi connectivity index (χ2v) is 5.97. The Morgan fingerprint density at radius 2 is 2.04 bits per heavy atom. The summed E-state index contributed by atoms with van der Waals surface area (Å²) < 4.78 is 6.03. The number of amides is 1. The number of rotatable bonds is 7. The second kappa shape index (κ2) is 9.00. The molecule has 0 radical (unpaired) electrons. The van der Waals surface area contributed by atoms with Crippen molar-refractivity contribution in [3.05, 3.63) is 36.0 Å². The molecule has 1 aromatic carbocycles. The molecule has 0 saturated heterocycles. The number of hydrogen-bond acceptors (Lipinski definition) is 6. The number of ether oxygens (including phenoxy) is 1. The summed E-state index contributed by atoms with van der Waals surface area (Å²) >= 11 is 0. The van der Waals surface area contributed by atoms with Crippen LogP contribution in [0, 0.1) is 0 Å². The highest BCUT2D eigenvalue weighted by atomic mass is 16.5. The minimum Gasteiger partial charge on any atom is -0.507 e. The molecule has 2 rings (SSSR count). The number of nitrogens with one attached hydrogen (secondary N) is 1. The van der Waals surface area contributed by atoms with E-state index in [4.69, 9.17) is 4.74 Å². The van der Waals surface area contributed by atoms with Crippen LogP contribution in [-0.4, -0.2) is 65.6 Å². The van der Waals surface area contributed by atoms with Gasteiger partial charge in [0, 0.05) is 18.5 Å². The molecule has 1 heterocycles. The third kappa shape index (κ3) is 5.06. The van der Waals surface area contributed by atoms with Crippen molar-refractivity contribution in [3.8, 4) is 17.0 Å². The molecule has 0 fully saturated rings. The predicted molar refractivity (Wildman–Crippen MR) is 97.0 cm³/mol. The monoisotopic (exact) mass is 360 g/mol. The molecule has 0 saturated carbocycles. The lowest BCUT2D eigenvalue weighted by Gasteiger charge is -2.11. The number of hydrogen-bond donors (Lipinski definition) is 2. The second-order valence-electron chi connectivity index (χ2n) is 5.97. The largest absolute Gasteiger partial charge is 0.507 e. The Balaban J connectivity index is 2.26. The van der Waals surface area contributed by atoms with Crippen molar-refractivity contribution in [3.63, 3.8) is 0 Å². The summed E-state index contributed by atoms with van der Waals surface area (Å²) in [5.74, 6) is -0.424. The van der Waals surface area contributed by atoms with Crippen LogP contribution in [0.1, 0.15) is 12.6 Å². The summed E-state index contributed by atoms with van der Waals surface area (Å²) in [5, 5.41) is 16.9. The van der Waals surface area contributed by atoms with Gasteiger partial charge in [-0.05, 0) is 39.2 Å². The van der Waals surface area contributed by atoms with E-state index in [2.05, 4.69) is 10.4 Å². The molecule has 140 valence electrons. The van der Waals surface area contributed by atoms with Gasteiger partial charge in [0.2, 0.25) is 0 Å². The van der Waals surface area contributed by atoms with Crippen LogP contribution in [0.5, 0.6) is 5.75 Å². The number of aromatic nitrogens is 2. The Hall–Kier alpha value is -2.87. The van der Waals surface area contributed by atoms with Crippen LogP contribution in [0.25, 0.3) is 11.3 Å². The van der Waals surface area contributed by atoms with Crippen molar-refractivity contribution in [2.75, 3.05) is 33.8 Å². The number of carbonyl (C=O) groups is 2. The molecule has 1 amide bonds. The minimum absolute atomic E-state index is 0.0863. The fourth-order valence-electron chi connectivity index (χ4n) is 2.37. The van der Waals surface area contributed by atoms with E-state index in [9.17, 15) is 14.7 Å². The van der Waals surface area contributed by atoms with Gasteiger partial charge < -0.3 is 20.1 Å². The van der Waals surface area contributed by atoms with Gasteiger partial charge in [0.05, 0.1) is 18.0 Å². The van der Waals surface area contributed by atoms with Crippen molar-refractivity contribution in [2.24, 2.45) is 0 Å². The molecular weight excluding hydrogens is 336 g/mol. The summed E-state index contributed by atoms with van der Waals surface area (Å²) in [6.07, 6.45) is 0.584. The highest BCUT2D eigenvalue weighted by molar-refractivity contribution is 5.83. The van der Waals surface area contributed by atoms with E-state index in [0.717, 1.165) is 6.54 Å². The molecule has 26 heavy (non-hydrogen) atoms. The van der Waals surface area contributed by atoms with Crippen LogP contribution < -0.4 is 5.32 Å². The fraction of sp³-hybridized carbons (Fsp3) is 0.389. The van der Waals surface area contributed by atoms with Gasteiger partial charge in [0.1, 0.15) is 12.3 Å². The molecule has 0 aliphatic carbocycles. The van der Waals surface area contributed by atoms with Crippen molar-refractivity contribution < 1.29 is 19.4 Å². The van der Waals surface area contributed by atoms with Crippen molar-refractivity contribution in [1.82, 2.24) is 20.0 Å². The predicted octanol–water partition coefficient (Wildman–Crippen LogP) is 1.48. The lowest BCUT2D eigenvalue weighted by molar-refractivity contribution is -0.141. The third-order valence-electron chi connectivity index (χ3n) is 3.66. The molecule has 2 N–H and O–H groups in total. The molecular formula is C18H24N4O4. The van der Waals surface area contributed by atoms with Crippen molar-refractivity contribution >= 4 is 12.0 Å². The molecule has 8 nitrogen and oxygen atoms in total. The molecule has 0 aliphatic rings. The number of phenols is 1. The topological polar surface area (TPSA) is 96.7 Å². The van der Waals surface area contributed by atoms with Gasteiger partial charge in [-0.25, -0.2) is 4.79 Å². The first-order valence-corrected chi connectivity index (χ1v) is 8.38. The quantitative estimate of drug-likeness (QED) is 0.726. The van der Waals surface area contributed by atoms with Gasteiger partial charge in [-0.2, -0.15) is 9.78 Å². The van der Waals surface area contributed by atoms with Crippen LogP contribution in [0.15, 0.2) is 30.3 Å². The molecule has 1 aromatic heterocycles. The molecule has 0 bridgehead atoms. The Morgan fingerprint density at radius 1 is 1.31 bits per heavy atom. The molecule has 2 aromatic rings. The van der Waals surface area contributed by atoms with Gasteiger partial charge in [-0.1, -0.05) is 12.1 Å². The number of carbonyl (C=O) groups excluding carboxylic acids is 2. The zero-order valence-corrected chi connectivity index (χ0v) is 15.2. The van der Waals surface area contributed by atoms with Gasteiger partial charge in [-0.15, -0.1) is 0 Å². The SMILES string of the molecule is CCOC(=O)CNC(=O)n1nc(-c2ccccc2O)cc1CCN(C)C. The first-order chi connectivity index (χ1) is 12.4. The van der Waals surface area contributed by atoms with E-state index in [0.29, 0.717) is 23.4 Å². The first kappa shape index (κ1) is 19.5. The van der Waals surface area contributed by atoms with E-state index in [1.165, 1.54) is 4.68 Å². The molecule has 8 heteroatoms. The molecule has 0 unspecified atom stereocenters. The third-order valence-corrected chi connectivity index (χ3v) is 3.66. The highest BCUT2D eigenvalue weighted by Gasteiger charge is 2.17. The standard InChI is InChI=1S/C18H24N4O4/c1-4-26-17(24)12-19-18(25)22-13(9-10-21(2)3)11-15(20-22)14-7-5-6-8-16(14)23/h5-8,11,23H,4,9-10,12H2,1-3H3,(H,19,25). The number of likely N-dealkylation sites (N-methyl/N-ethyl adjacent to an activating group) is 1. The van der Waals surface area contributed by atoms with Crippen LogP contribution in [0.3, 0.4) is 0 Å². The number of nitrogens with zero attached hydrogens (tertiary/aromatic N) is 3. The van der Waals surface area contributed by atoms with Crippen molar-refractivity contribution in [2.45, 2.75) is 13.3 Å². The smallest absolute Gasteiger partial charge is 0.342 e. The van der Waals surface area contributed by atoms with Gasteiger partial charge in [-0.3, -0.25) is 4.79 Å². The summed E-state index contributed by atoms with van der Waals surface area (Å²) in [5.41, 5.74) is 1.71. The zero-order valence-electron chi connectivity index (χ0n) is 15.2. The normalized spacial score (nSPS) is 10.8. The Labute approximate surface area is 152 Å². The average molecular weight is 360 g/mol. The summed E-state index contributed by atoms with van der Waals surface area (Å²) in [6, 6.07) is 8.04. The Kier molecular flexibility index (Phi) is 6.74. The highest BCUT2D eigenvalue weighted by Crippen LogP contribution is 2.28. The molecule has 0 spiro atoms. The summed E-state index contributed by atoms with van der Waals surface area (Å²) in [6.45, 7) is 2.44. The number of aromatic hydroxyl groups is 1. The number of benzene rings is 1. The van der Waals surface area contributed by atoms with Crippen LogP contribution in [-0.2, 0) is 16.0 Å². The van der Waals surface area contributed by atoms with Gasteiger partial charge in [0.15, 0.2) is 0 Å². The van der Waals surface area contributed by atoms with Crippen LogP contribution in [0.4, 0.5) is 4.79 Å². The number of phenolic OH excluding ortho intramolecular Hbond substituents is 1. The zero-order chi connectivity index (χ0) is 19.1. The van der Waals surface area contributed by atoms with E-state index in [1.807, 2.05) is 19.0 Å². The Morgan fingerprint density at radius 3 is 2.69 bits per heavy atom. The molecule has 0 aliphatic heterocycles. The number of esters is 1. The average Bonchev–Trinajstić information content (AvgIpc) is 3.02. The van der Waals surface area contributed by atoms with E-state index < -0.39 is 12.0 Å². The number of para-hydroxylation sites is 1. The van der Waals surface area contributed by atoms with Crippen molar-refractivity contribution in [1.29, 1.82) is 0 Å². The van der Waals surface area contributed by atoms with Gasteiger partial charge >= 0.3 is 12.0 Å². The Bertz CT molecular complexity index is 770. The maximum atomic E-state index is 12.5. The summed E-state index contributed by atoms with van der Waals surface area (Å²) in [7, 11) is 3.87. The minimum atomic E-state index is -0.520. The lowest BCUT2D eigenvalue weighted by Crippen LogP contribution is -2.35. The van der Waals surface area contributed by atoms with Gasteiger partial charge in [0.25, 0.3) is 0 Å². The maximum Gasteiger partial charge on any atom is 0.342 e. The molecule has 0 atom stereocenters. The van der Waals surface area contributed by atoms with E-state index >= 15 is 0 Å². The lowest BCUT2D eigenvalue weighted by atomic mass is 10.1. The fourth-order valence-corrected chi connectivity index (χ4v) is 2.37. The first-order valence-electron chi connectivity index (χ1n) is 8.38.